The molecular formula is C19H10BF3. The van der Waals surface area contributed by atoms with Gasteiger partial charge in [-0.2, -0.15) is 0 Å². The minimum atomic E-state index is -0.327. The number of benzene rings is 3. The van der Waals surface area contributed by atoms with Crippen LogP contribution in [-0.2, 0) is 0 Å². The fourth-order valence-corrected chi connectivity index (χ4v) is 4.18. The molecule has 0 aliphatic carbocycles. The van der Waals surface area contributed by atoms with E-state index >= 15 is 0 Å². The summed E-state index contributed by atoms with van der Waals surface area (Å²) in [5.41, 5.74) is 5.50. The maximum Gasteiger partial charge on any atom is 0.242 e. The molecule has 0 saturated heterocycles. The van der Waals surface area contributed by atoms with Gasteiger partial charge in [0.1, 0.15) is 17.5 Å². The fourth-order valence-electron chi connectivity index (χ4n) is 4.18. The van der Waals surface area contributed by atoms with E-state index < -0.39 is 0 Å². The number of hydrogen-bond acceptors (Lipinski definition) is 0. The predicted octanol–water partition coefficient (Wildman–Crippen LogP) is 2.43. The van der Waals surface area contributed by atoms with Gasteiger partial charge < -0.3 is 0 Å². The first kappa shape index (κ1) is 13.0. The van der Waals surface area contributed by atoms with Crippen LogP contribution in [0.3, 0.4) is 0 Å². The van der Waals surface area contributed by atoms with E-state index in [0.717, 1.165) is 33.1 Å². The van der Waals surface area contributed by atoms with Gasteiger partial charge in [0.15, 0.2) is 0 Å². The van der Waals surface area contributed by atoms with E-state index in [9.17, 15) is 13.2 Å². The summed E-state index contributed by atoms with van der Waals surface area (Å²) < 4.78 is 41.3. The summed E-state index contributed by atoms with van der Waals surface area (Å²) in [5, 5.41) is 0. The van der Waals surface area contributed by atoms with Crippen LogP contribution < -0.4 is 16.4 Å². The molecule has 0 fully saturated rings. The minimum absolute atomic E-state index is 0.0956. The zero-order valence-electron chi connectivity index (χ0n) is 12.0. The topological polar surface area (TPSA) is 0 Å². The summed E-state index contributed by atoms with van der Waals surface area (Å²) in [4.78, 5) is 0. The highest BCUT2D eigenvalue weighted by Crippen LogP contribution is 2.37. The van der Waals surface area contributed by atoms with E-state index in [1.165, 1.54) is 36.4 Å². The molecule has 3 aliphatic rings. The molecule has 0 nitrogen and oxygen atoms in total. The van der Waals surface area contributed by atoms with Crippen LogP contribution in [0.25, 0.3) is 0 Å². The number of halogens is 3. The van der Waals surface area contributed by atoms with Crippen LogP contribution in [0.4, 0.5) is 13.2 Å². The van der Waals surface area contributed by atoms with Crippen LogP contribution in [0.5, 0.6) is 0 Å². The van der Waals surface area contributed by atoms with Gasteiger partial charge in [0.05, 0.1) is 0 Å². The molecule has 0 unspecified atom stereocenters. The lowest BCUT2D eigenvalue weighted by Gasteiger charge is -2.40. The van der Waals surface area contributed by atoms with Gasteiger partial charge in [-0.05, 0) is 53.1 Å². The van der Waals surface area contributed by atoms with Crippen LogP contribution in [0.15, 0.2) is 54.6 Å². The zero-order chi connectivity index (χ0) is 15.7. The Balaban J connectivity index is 1.90. The Kier molecular flexibility index (Phi) is 2.42. The summed E-state index contributed by atoms with van der Waals surface area (Å²) in [7, 11) is 0. The molecule has 23 heavy (non-hydrogen) atoms. The fraction of sp³-hybridized carbons (Fsp3) is 0.0526. The highest BCUT2D eigenvalue weighted by atomic mass is 19.1. The van der Waals surface area contributed by atoms with E-state index in [2.05, 4.69) is 0 Å². The highest BCUT2D eigenvalue weighted by molar-refractivity contribution is 6.97. The molecule has 0 saturated carbocycles. The maximum absolute atomic E-state index is 13.8. The second-order valence-corrected chi connectivity index (χ2v) is 6.19. The van der Waals surface area contributed by atoms with Gasteiger partial charge in [-0.15, -0.1) is 0 Å². The molecule has 0 amide bonds. The van der Waals surface area contributed by atoms with Gasteiger partial charge in [0, 0.05) is 5.92 Å². The van der Waals surface area contributed by atoms with Gasteiger partial charge in [0.2, 0.25) is 6.71 Å². The van der Waals surface area contributed by atoms with Crippen LogP contribution in [0.1, 0.15) is 22.6 Å². The normalized spacial score (nSPS) is 14.5. The Morgan fingerprint density at radius 1 is 0.565 bits per heavy atom. The van der Waals surface area contributed by atoms with E-state index in [1.54, 1.807) is 18.2 Å². The van der Waals surface area contributed by atoms with Crippen LogP contribution >= 0.6 is 0 Å². The van der Waals surface area contributed by atoms with E-state index in [1.807, 2.05) is 0 Å². The van der Waals surface area contributed by atoms with Crippen LogP contribution in [0.2, 0.25) is 0 Å². The van der Waals surface area contributed by atoms with Crippen LogP contribution in [0, 0.1) is 17.5 Å². The molecule has 0 spiro atoms. The molecule has 6 rings (SSSR count). The molecular weight excluding hydrogens is 296 g/mol. The van der Waals surface area contributed by atoms with Gasteiger partial charge in [0.25, 0.3) is 0 Å². The zero-order valence-corrected chi connectivity index (χ0v) is 12.0. The van der Waals surface area contributed by atoms with Crippen LogP contribution in [-0.4, -0.2) is 6.71 Å². The second kappa shape index (κ2) is 4.28. The predicted molar refractivity (Wildman–Crippen MR) is 84.8 cm³/mol. The lowest BCUT2D eigenvalue weighted by Crippen LogP contribution is -2.63. The molecule has 2 bridgehead atoms. The monoisotopic (exact) mass is 306 g/mol. The van der Waals surface area contributed by atoms with Crippen molar-refractivity contribution in [2.24, 2.45) is 0 Å². The van der Waals surface area contributed by atoms with E-state index in [0.29, 0.717) is 0 Å². The standard InChI is InChI=1S/C19H10BF3/c21-10-1-4-16-13(7-10)19-14-8-11(22)2-5-17(14)20(16)18-6-3-12(23)9-15(18)19/h1-9,19H. The van der Waals surface area contributed by atoms with Crippen molar-refractivity contribution in [1.82, 2.24) is 0 Å². The molecule has 3 heterocycles. The largest absolute Gasteiger partial charge is 0.242 e. The van der Waals surface area contributed by atoms with Crippen molar-refractivity contribution in [2.45, 2.75) is 5.92 Å². The molecule has 3 aromatic rings. The number of hydrogen-bond donors (Lipinski definition) is 0. The second-order valence-electron chi connectivity index (χ2n) is 6.19. The highest BCUT2D eigenvalue weighted by Gasteiger charge is 2.43. The molecule has 3 aromatic carbocycles. The third-order valence-corrected chi connectivity index (χ3v) is 5.01. The Morgan fingerprint density at radius 2 is 0.913 bits per heavy atom. The van der Waals surface area contributed by atoms with Crippen molar-refractivity contribution in [2.75, 3.05) is 0 Å². The quantitative estimate of drug-likeness (QED) is 0.386. The van der Waals surface area contributed by atoms with Crippen molar-refractivity contribution >= 4 is 23.1 Å². The summed E-state index contributed by atoms with van der Waals surface area (Å²) >= 11 is 0. The first-order valence-corrected chi connectivity index (χ1v) is 7.51. The summed E-state index contributed by atoms with van der Waals surface area (Å²) in [6, 6.07) is 14.2. The van der Waals surface area contributed by atoms with Crippen molar-refractivity contribution < 1.29 is 13.2 Å². The minimum Gasteiger partial charge on any atom is -0.207 e. The SMILES string of the molecule is Fc1ccc2c(c1)C1c3cc(F)ccc3B2c2ccc(F)cc21. The smallest absolute Gasteiger partial charge is 0.207 e. The van der Waals surface area contributed by atoms with E-state index in [-0.39, 0.29) is 30.1 Å². The maximum atomic E-state index is 13.8. The van der Waals surface area contributed by atoms with Crippen molar-refractivity contribution in [3.63, 3.8) is 0 Å². The summed E-state index contributed by atoms with van der Waals surface area (Å²) in [6.45, 7) is -0.0956. The van der Waals surface area contributed by atoms with Gasteiger partial charge in [-0.25, -0.2) is 13.2 Å². The van der Waals surface area contributed by atoms with Crippen molar-refractivity contribution in [1.29, 1.82) is 0 Å². The number of rotatable bonds is 0. The molecule has 4 heteroatoms. The molecule has 0 atom stereocenters. The summed E-state index contributed by atoms with van der Waals surface area (Å²) in [5.74, 6) is -1.30. The molecule has 3 aliphatic heterocycles. The molecule has 0 radical (unpaired) electrons. The Morgan fingerprint density at radius 3 is 1.26 bits per heavy atom. The van der Waals surface area contributed by atoms with Crippen molar-refractivity contribution in [3.8, 4) is 0 Å². The average molecular weight is 306 g/mol. The Hall–Kier alpha value is -2.49. The third kappa shape index (κ3) is 1.63. The van der Waals surface area contributed by atoms with Gasteiger partial charge >= 0.3 is 0 Å². The third-order valence-electron chi connectivity index (χ3n) is 5.01. The molecule has 0 N–H and O–H groups in total. The van der Waals surface area contributed by atoms with E-state index in [4.69, 9.17) is 0 Å². The molecule has 0 aromatic heterocycles. The first-order chi connectivity index (χ1) is 11.1. The Bertz CT molecular complexity index is 853. The average Bonchev–Trinajstić information content (AvgIpc) is 2.53. The van der Waals surface area contributed by atoms with Crippen molar-refractivity contribution in [3.05, 3.63) is 88.7 Å². The summed E-state index contributed by atoms with van der Waals surface area (Å²) in [6.07, 6.45) is 0. The lowest BCUT2D eigenvalue weighted by atomic mass is 9.28. The first-order valence-electron chi connectivity index (χ1n) is 7.51. The molecule has 110 valence electrons. The lowest BCUT2D eigenvalue weighted by molar-refractivity contribution is 0.619. The van der Waals surface area contributed by atoms with Gasteiger partial charge in [-0.1, -0.05) is 34.6 Å². The van der Waals surface area contributed by atoms with Gasteiger partial charge in [-0.3, -0.25) is 0 Å². The Labute approximate surface area is 131 Å².